The maximum Gasteiger partial charge on any atom is 0.259 e. The number of carbonyl (C=O) groups excluding carboxylic acids is 3. The predicted octanol–water partition coefficient (Wildman–Crippen LogP) is 1.94. The van der Waals surface area contributed by atoms with E-state index >= 15 is 0 Å². The Morgan fingerprint density at radius 1 is 1.22 bits per heavy atom. The molecule has 3 amide bonds. The summed E-state index contributed by atoms with van der Waals surface area (Å²) in [7, 11) is 0. The number of piperidine rings is 1. The van der Waals surface area contributed by atoms with Crippen molar-refractivity contribution in [2.24, 2.45) is 4.99 Å². The highest BCUT2D eigenvalue weighted by atomic mass is 16.2. The molecule has 114 valence electrons. The van der Waals surface area contributed by atoms with E-state index < -0.39 is 11.9 Å². The van der Waals surface area contributed by atoms with Gasteiger partial charge in [-0.05, 0) is 36.7 Å². The van der Waals surface area contributed by atoms with Gasteiger partial charge < -0.3 is 0 Å². The van der Waals surface area contributed by atoms with Crippen LogP contribution in [0.25, 0.3) is 10.8 Å². The number of hydrogen-bond acceptors (Lipinski definition) is 4. The molecule has 0 saturated carbocycles. The Morgan fingerprint density at radius 3 is 2.78 bits per heavy atom. The van der Waals surface area contributed by atoms with Crippen LogP contribution in [0, 0.1) is 0 Å². The van der Waals surface area contributed by atoms with E-state index in [0.29, 0.717) is 23.4 Å². The summed E-state index contributed by atoms with van der Waals surface area (Å²) in [6.45, 7) is 3.51. The summed E-state index contributed by atoms with van der Waals surface area (Å²) in [4.78, 5) is 41.8. The van der Waals surface area contributed by atoms with Crippen LogP contribution in [0.5, 0.6) is 0 Å². The van der Waals surface area contributed by atoms with Crippen molar-refractivity contribution in [3.05, 3.63) is 35.9 Å². The number of amides is 3. The fraction of sp³-hybridized carbons (Fsp3) is 0.176. The first kappa shape index (κ1) is 13.6. The molecule has 4 rings (SSSR count). The third-order valence-electron chi connectivity index (χ3n) is 4.35. The molecule has 2 aromatic rings. The molecular formula is C17H13N3O3. The highest BCUT2D eigenvalue weighted by Gasteiger charge is 2.40. The first-order valence-corrected chi connectivity index (χ1v) is 7.31. The van der Waals surface area contributed by atoms with Crippen molar-refractivity contribution in [1.82, 2.24) is 5.32 Å². The number of nitrogens with one attached hydrogen (secondary N) is 1. The van der Waals surface area contributed by atoms with Gasteiger partial charge in [0.25, 0.3) is 5.91 Å². The molecule has 6 heteroatoms. The molecule has 1 saturated heterocycles. The Kier molecular flexibility index (Phi) is 2.81. The summed E-state index contributed by atoms with van der Waals surface area (Å²) in [5.74, 6) is -0.968. The van der Waals surface area contributed by atoms with Crippen molar-refractivity contribution in [3.63, 3.8) is 0 Å². The molecule has 1 N–H and O–H groups in total. The number of hydrogen-bond donors (Lipinski definition) is 1. The molecule has 23 heavy (non-hydrogen) atoms. The minimum atomic E-state index is -0.668. The van der Waals surface area contributed by atoms with Crippen molar-refractivity contribution in [2.75, 3.05) is 4.90 Å². The molecule has 0 bridgehead atoms. The number of nitrogens with zero attached hydrogens (tertiary/aromatic N) is 2. The standard InChI is InChI=1S/C17H13N3O3/c1-18-10-7-9-3-2-4-12-15(9)11(8-10)17(23)20(12)13-5-6-14(21)19-16(13)22/h2-4,7-8,13H,1,5-6H2,(H,19,21,22). The second-order valence-electron chi connectivity index (χ2n) is 5.67. The number of carbonyl (C=O) groups is 3. The highest BCUT2D eigenvalue weighted by molar-refractivity contribution is 6.27. The van der Waals surface area contributed by atoms with Crippen LogP contribution in [0.15, 0.2) is 35.3 Å². The lowest BCUT2D eigenvalue weighted by molar-refractivity contribution is -0.134. The van der Waals surface area contributed by atoms with Gasteiger partial charge in [-0.1, -0.05) is 12.1 Å². The first-order valence-electron chi connectivity index (χ1n) is 7.31. The van der Waals surface area contributed by atoms with E-state index in [9.17, 15) is 14.4 Å². The monoisotopic (exact) mass is 307 g/mol. The lowest BCUT2D eigenvalue weighted by Gasteiger charge is -2.30. The van der Waals surface area contributed by atoms with E-state index in [4.69, 9.17) is 0 Å². The molecule has 1 fully saturated rings. The molecule has 0 aliphatic carbocycles. The zero-order valence-corrected chi connectivity index (χ0v) is 12.2. The van der Waals surface area contributed by atoms with Crippen LogP contribution in [-0.4, -0.2) is 30.5 Å². The van der Waals surface area contributed by atoms with Crippen molar-refractivity contribution >= 4 is 46.6 Å². The van der Waals surface area contributed by atoms with Crippen molar-refractivity contribution in [2.45, 2.75) is 18.9 Å². The summed E-state index contributed by atoms with van der Waals surface area (Å²) in [5, 5.41) is 4.00. The third-order valence-corrected chi connectivity index (χ3v) is 4.35. The smallest absolute Gasteiger partial charge is 0.259 e. The topological polar surface area (TPSA) is 78.8 Å². The Hall–Kier alpha value is -3.02. The van der Waals surface area contributed by atoms with Crippen LogP contribution in [0.1, 0.15) is 23.2 Å². The van der Waals surface area contributed by atoms with Crippen LogP contribution in [0.4, 0.5) is 11.4 Å². The average Bonchev–Trinajstić information content (AvgIpc) is 2.82. The van der Waals surface area contributed by atoms with Gasteiger partial charge in [-0.3, -0.25) is 29.6 Å². The molecule has 2 aliphatic rings. The normalized spacial score (nSPS) is 20.1. The Morgan fingerprint density at radius 2 is 2.04 bits per heavy atom. The second kappa shape index (κ2) is 4.74. The van der Waals surface area contributed by atoms with E-state index in [0.717, 1.165) is 10.8 Å². The van der Waals surface area contributed by atoms with Crippen LogP contribution in [-0.2, 0) is 9.59 Å². The Labute approximate surface area is 131 Å². The largest absolute Gasteiger partial charge is 0.295 e. The van der Waals surface area contributed by atoms with Gasteiger partial charge in [0, 0.05) is 11.8 Å². The molecular weight excluding hydrogens is 294 g/mol. The van der Waals surface area contributed by atoms with E-state index in [1.807, 2.05) is 24.3 Å². The van der Waals surface area contributed by atoms with Gasteiger partial charge in [0.2, 0.25) is 11.8 Å². The maximum absolute atomic E-state index is 12.9. The Bertz CT molecular complexity index is 903. The number of anilines is 1. The number of imide groups is 1. The molecule has 0 radical (unpaired) electrons. The maximum atomic E-state index is 12.9. The predicted molar refractivity (Wildman–Crippen MR) is 86.1 cm³/mol. The summed E-state index contributed by atoms with van der Waals surface area (Å²) in [5.41, 5.74) is 1.83. The molecule has 0 spiro atoms. The zero-order chi connectivity index (χ0) is 16.1. The minimum absolute atomic E-state index is 0.228. The summed E-state index contributed by atoms with van der Waals surface area (Å²) in [6, 6.07) is 8.44. The van der Waals surface area contributed by atoms with E-state index in [1.165, 1.54) is 4.90 Å². The van der Waals surface area contributed by atoms with Crippen LogP contribution >= 0.6 is 0 Å². The van der Waals surface area contributed by atoms with E-state index in [2.05, 4.69) is 17.0 Å². The fourth-order valence-corrected chi connectivity index (χ4v) is 3.33. The third kappa shape index (κ3) is 1.88. The molecule has 6 nitrogen and oxygen atoms in total. The summed E-state index contributed by atoms with van der Waals surface area (Å²) < 4.78 is 0. The van der Waals surface area contributed by atoms with Gasteiger partial charge in [-0.15, -0.1) is 0 Å². The van der Waals surface area contributed by atoms with Gasteiger partial charge in [0.15, 0.2) is 0 Å². The molecule has 1 unspecified atom stereocenters. The van der Waals surface area contributed by atoms with E-state index in [1.54, 1.807) is 6.07 Å². The van der Waals surface area contributed by atoms with Gasteiger partial charge in [-0.25, -0.2) is 0 Å². The zero-order valence-electron chi connectivity index (χ0n) is 12.2. The first-order chi connectivity index (χ1) is 11.1. The van der Waals surface area contributed by atoms with E-state index in [-0.39, 0.29) is 18.2 Å². The number of benzene rings is 2. The average molecular weight is 307 g/mol. The van der Waals surface area contributed by atoms with Crippen molar-refractivity contribution in [3.8, 4) is 0 Å². The lowest BCUT2D eigenvalue weighted by atomic mass is 10.0. The van der Waals surface area contributed by atoms with Gasteiger partial charge in [-0.2, -0.15) is 0 Å². The minimum Gasteiger partial charge on any atom is -0.295 e. The summed E-state index contributed by atoms with van der Waals surface area (Å²) in [6.07, 6.45) is 0.555. The van der Waals surface area contributed by atoms with Gasteiger partial charge in [0.1, 0.15) is 6.04 Å². The molecule has 2 heterocycles. The fourth-order valence-electron chi connectivity index (χ4n) is 3.33. The van der Waals surface area contributed by atoms with Crippen molar-refractivity contribution in [1.29, 1.82) is 0 Å². The van der Waals surface area contributed by atoms with Gasteiger partial charge in [0.05, 0.1) is 16.9 Å². The van der Waals surface area contributed by atoms with Crippen LogP contribution < -0.4 is 10.2 Å². The van der Waals surface area contributed by atoms with Crippen LogP contribution in [0.2, 0.25) is 0 Å². The quantitative estimate of drug-likeness (QED) is 0.680. The highest BCUT2D eigenvalue weighted by Crippen LogP contribution is 2.41. The Balaban J connectivity index is 1.88. The lowest BCUT2D eigenvalue weighted by Crippen LogP contribution is -2.53. The molecule has 1 atom stereocenters. The molecule has 2 aliphatic heterocycles. The SMILES string of the molecule is C=Nc1cc2c3c(cccc3c1)N(C1CCC(=O)NC1=O)C2=O. The van der Waals surface area contributed by atoms with Crippen LogP contribution in [0.3, 0.4) is 0 Å². The summed E-state index contributed by atoms with van der Waals surface area (Å²) >= 11 is 0. The van der Waals surface area contributed by atoms with Gasteiger partial charge >= 0.3 is 0 Å². The molecule has 2 aromatic carbocycles. The number of rotatable bonds is 2. The molecule has 0 aromatic heterocycles. The number of aliphatic imine (C=N–C) groups is 1. The second-order valence-corrected chi connectivity index (χ2v) is 5.67. The van der Waals surface area contributed by atoms with Crippen molar-refractivity contribution < 1.29 is 14.4 Å².